The second kappa shape index (κ2) is 15.0. The molecule has 0 aromatic heterocycles. The van der Waals surface area contributed by atoms with Crippen LogP contribution in [0.2, 0.25) is 0 Å². The Hall–Kier alpha value is -9.04. The molecule has 0 heterocycles. The summed E-state index contributed by atoms with van der Waals surface area (Å²) in [6.45, 7) is 0. The van der Waals surface area contributed by atoms with Crippen LogP contribution in [0.1, 0.15) is 22.3 Å². The Morgan fingerprint density at radius 2 is 0.700 bits per heavy atom. The monoisotopic (exact) mass is 885 g/mol. The zero-order valence-electron chi connectivity index (χ0n) is 38.3. The van der Waals surface area contributed by atoms with Crippen LogP contribution in [0.3, 0.4) is 0 Å². The van der Waals surface area contributed by atoms with Crippen LogP contribution < -0.4 is 4.90 Å². The van der Waals surface area contributed by atoms with E-state index in [0.29, 0.717) is 0 Å². The van der Waals surface area contributed by atoms with Gasteiger partial charge in [-0.25, -0.2) is 0 Å². The van der Waals surface area contributed by atoms with Gasteiger partial charge in [0.05, 0.1) is 11.1 Å². The molecule has 0 aliphatic heterocycles. The fraction of sp³-hybridized carbons (Fsp3) is 0.0145. The van der Waals surface area contributed by atoms with Crippen molar-refractivity contribution < 1.29 is 0 Å². The first-order valence-electron chi connectivity index (χ1n) is 24.4. The summed E-state index contributed by atoms with van der Waals surface area (Å²) in [6, 6.07) is 97.9. The quantitative estimate of drug-likeness (QED) is 0.156. The van der Waals surface area contributed by atoms with Crippen LogP contribution in [0.4, 0.5) is 17.1 Å². The highest BCUT2D eigenvalue weighted by Crippen LogP contribution is 2.64. The molecule has 15 rings (SSSR count). The Morgan fingerprint density at radius 3 is 1.34 bits per heavy atom. The van der Waals surface area contributed by atoms with Crippen molar-refractivity contribution in [1.82, 2.24) is 0 Å². The smallest absolute Gasteiger partial charge is 0.0726 e. The lowest BCUT2D eigenvalue weighted by Gasteiger charge is -2.33. The molecule has 70 heavy (non-hydrogen) atoms. The molecule has 324 valence electrons. The number of fused-ring (bicyclic) bond motifs is 19. The lowest BCUT2D eigenvalue weighted by atomic mass is 9.70. The Kier molecular flexibility index (Phi) is 8.35. The van der Waals surface area contributed by atoms with Gasteiger partial charge in [-0.3, -0.25) is 0 Å². The molecule has 0 amide bonds. The van der Waals surface area contributed by atoms with Gasteiger partial charge in [0, 0.05) is 16.9 Å². The van der Waals surface area contributed by atoms with Gasteiger partial charge >= 0.3 is 0 Å². The summed E-state index contributed by atoms with van der Waals surface area (Å²) in [4.78, 5) is 2.57. The first-order chi connectivity index (χ1) is 34.7. The van der Waals surface area contributed by atoms with Crippen molar-refractivity contribution in [2.45, 2.75) is 5.41 Å². The maximum absolute atomic E-state index is 2.59. The molecule has 0 unspecified atom stereocenters. The fourth-order valence-electron chi connectivity index (χ4n) is 12.7. The van der Waals surface area contributed by atoms with Gasteiger partial charge < -0.3 is 4.90 Å². The van der Waals surface area contributed by atoms with Crippen molar-refractivity contribution in [1.29, 1.82) is 0 Å². The van der Waals surface area contributed by atoms with Crippen LogP contribution in [0.15, 0.2) is 261 Å². The summed E-state index contributed by atoms with van der Waals surface area (Å²) in [6.07, 6.45) is 0. The SMILES string of the molecule is c1ccc(-c2cccc(N(c3ccc4c5ccccc5c5ccccc5c4c3)c3cc4c(cc3-c3cc5ccccc5c5ccccc35)-c3ccccc3C43c4ccccc4-c4ccccc43)c2)cc1. The van der Waals surface area contributed by atoms with Gasteiger partial charge in [-0.1, -0.05) is 218 Å². The first kappa shape index (κ1) is 39.0. The van der Waals surface area contributed by atoms with Crippen molar-refractivity contribution in [3.63, 3.8) is 0 Å². The molecule has 2 aliphatic rings. The van der Waals surface area contributed by atoms with Gasteiger partial charge in [0.25, 0.3) is 0 Å². The van der Waals surface area contributed by atoms with Gasteiger partial charge in [0.2, 0.25) is 0 Å². The van der Waals surface area contributed by atoms with E-state index >= 15 is 0 Å². The highest BCUT2D eigenvalue weighted by molar-refractivity contribution is 6.26. The maximum atomic E-state index is 2.59. The lowest BCUT2D eigenvalue weighted by molar-refractivity contribution is 0.794. The minimum absolute atomic E-state index is 0.534. The minimum atomic E-state index is -0.534. The fourth-order valence-corrected chi connectivity index (χ4v) is 12.7. The number of hydrogen-bond acceptors (Lipinski definition) is 1. The van der Waals surface area contributed by atoms with E-state index in [-0.39, 0.29) is 0 Å². The summed E-state index contributed by atoms with van der Waals surface area (Å²) in [5, 5.41) is 12.5. The summed E-state index contributed by atoms with van der Waals surface area (Å²) in [5.41, 5.74) is 18.0. The molecule has 1 spiro atoms. The zero-order valence-corrected chi connectivity index (χ0v) is 38.3. The summed E-state index contributed by atoms with van der Waals surface area (Å²) in [7, 11) is 0. The lowest BCUT2D eigenvalue weighted by Crippen LogP contribution is -2.26. The number of hydrogen-bond donors (Lipinski definition) is 0. The minimum Gasteiger partial charge on any atom is -0.310 e. The van der Waals surface area contributed by atoms with E-state index in [9.17, 15) is 0 Å². The topological polar surface area (TPSA) is 3.24 Å². The molecule has 0 atom stereocenters. The summed E-state index contributed by atoms with van der Waals surface area (Å²) >= 11 is 0. The molecule has 13 aromatic rings. The second-order valence-corrected chi connectivity index (χ2v) is 19.1. The van der Waals surface area contributed by atoms with Gasteiger partial charge in [-0.2, -0.15) is 0 Å². The van der Waals surface area contributed by atoms with Crippen LogP contribution in [0.25, 0.3) is 98.4 Å². The molecular weight excluding hydrogens is 843 g/mol. The van der Waals surface area contributed by atoms with Crippen LogP contribution in [-0.4, -0.2) is 0 Å². The average Bonchev–Trinajstić information content (AvgIpc) is 3.90. The molecule has 0 saturated carbocycles. The van der Waals surface area contributed by atoms with E-state index in [1.54, 1.807) is 0 Å². The molecule has 0 N–H and O–H groups in total. The number of anilines is 3. The van der Waals surface area contributed by atoms with Gasteiger partial charge in [0.1, 0.15) is 0 Å². The molecule has 0 saturated heterocycles. The molecule has 0 fully saturated rings. The van der Waals surface area contributed by atoms with Crippen molar-refractivity contribution in [2.75, 3.05) is 4.90 Å². The normalized spacial score (nSPS) is 13.0. The molecule has 0 bridgehead atoms. The standard InChI is InChI=1S/C69H43N/c1-2-19-44(20-3-1)45-22-18-23-47(39-45)70(48-37-38-56-53-28-8-7-26-51(53)52-27-9-11-30-55(52)61(56)41-48)68-43-67-62(42-63(68)60-40-46-21-4-5-24-49(46)50-25-6-10-29-54(50)60)59-33-14-17-36-66(59)69(67)64-34-15-12-31-57(64)58-32-13-16-35-65(58)69/h1-43H. The number of nitrogens with zero attached hydrogens (tertiary/aromatic N) is 1. The van der Waals surface area contributed by atoms with Crippen LogP contribution in [-0.2, 0) is 5.41 Å². The highest BCUT2D eigenvalue weighted by atomic mass is 15.1. The van der Waals surface area contributed by atoms with Crippen LogP contribution in [0, 0.1) is 0 Å². The van der Waals surface area contributed by atoms with E-state index < -0.39 is 5.41 Å². The van der Waals surface area contributed by atoms with E-state index in [2.05, 4.69) is 266 Å². The van der Waals surface area contributed by atoms with Crippen molar-refractivity contribution in [3.8, 4) is 44.5 Å². The summed E-state index contributed by atoms with van der Waals surface area (Å²) in [5.74, 6) is 0. The van der Waals surface area contributed by atoms with E-state index in [0.717, 1.165) is 17.1 Å². The van der Waals surface area contributed by atoms with Crippen molar-refractivity contribution in [2.24, 2.45) is 0 Å². The third-order valence-electron chi connectivity index (χ3n) is 15.6. The zero-order chi connectivity index (χ0) is 45.9. The number of benzene rings is 13. The first-order valence-corrected chi connectivity index (χ1v) is 24.4. The van der Waals surface area contributed by atoms with Crippen molar-refractivity contribution in [3.05, 3.63) is 283 Å². The third-order valence-corrected chi connectivity index (χ3v) is 15.6. The Labute approximate surface area is 406 Å². The predicted molar refractivity (Wildman–Crippen MR) is 296 cm³/mol. The van der Waals surface area contributed by atoms with E-state index in [4.69, 9.17) is 0 Å². The number of rotatable bonds is 5. The van der Waals surface area contributed by atoms with Gasteiger partial charge in [-0.15, -0.1) is 0 Å². The molecule has 2 aliphatic carbocycles. The molecule has 1 heteroatoms. The van der Waals surface area contributed by atoms with Crippen LogP contribution in [0.5, 0.6) is 0 Å². The second-order valence-electron chi connectivity index (χ2n) is 19.1. The Bertz CT molecular complexity index is 4230. The van der Waals surface area contributed by atoms with Crippen molar-refractivity contribution >= 4 is 70.9 Å². The predicted octanol–water partition coefficient (Wildman–Crippen LogP) is 18.6. The highest BCUT2D eigenvalue weighted by Gasteiger charge is 2.52. The van der Waals surface area contributed by atoms with Crippen LogP contribution >= 0.6 is 0 Å². The summed E-state index contributed by atoms with van der Waals surface area (Å²) < 4.78 is 0. The average molecular weight is 886 g/mol. The maximum Gasteiger partial charge on any atom is 0.0726 e. The van der Waals surface area contributed by atoms with Gasteiger partial charge in [0.15, 0.2) is 0 Å². The molecule has 1 nitrogen and oxygen atoms in total. The Balaban J connectivity index is 1.11. The van der Waals surface area contributed by atoms with E-state index in [1.807, 2.05) is 0 Å². The third kappa shape index (κ3) is 5.43. The molecular formula is C69H43N. The molecule has 13 aromatic carbocycles. The largest absolute Gasteiger partial charge is 0.310 e. The Morgan fingerprint density at radius 1 is 0.229 bits per heavy atom. The van der Waals surface area contributed by atoms with Gasteiger partial charge in [-0.05, 0) is 158 Å². The van der Waals surface area contributed by atoms with E-state index in [1.165, 1.54) is 121 Å². The molecule has 0 radical (unpaired) electrons.